The van der Waals surface area contributed by atoms with Gasteiger partial charge in [0.25, 0.3) is 0 Å². The van der Waals surface area contributed by atoms with E-state index in [0.29, 0.717) is 0 Å². The molecule has 28 valence electrons. The molecule has 0 fully saturated rings. The summed E-state index contributed by atoms with van der Waals surface area (Å²) in [6, 6.07) is 0. The normalized spacial score (nSPS) is 25.7. The molecular formula is Si7. The zero-order valence-electron chi connectivity index (χ0n) is 3.50. The summed E-state index contributed by atoms with van der Waals surface area (Å²) < 4.78 is 0. The van der Waals surface area contributed by atoms with Gasteiger partial charge in [-0.05, 0) is 13.9 Å². The molecule has 0 aromatic rings. The van der Waals surface area contributed by atoms with Gasteiger partial charge >= 0.3 is 0 Å². The van der Waals surface area contributed by atoms with Crippen molar-refractivity contribution in [3.63, 3.8) is 0 Å². The third-order valence-corrected chi connectivity index (χ3v) is 69.2. The highest BCUT2D eigenvalue weighted by Gasteiger charge is 2.40. The van der Waals surface area contributed by atoms with Crippen LogP contribution >= 0.6 is 0 Å². The van der Waals surface area contributed by atoms with E-state index in [1.807, 2.05) is 0 Å². The van der Waals surface area contributed by atoms with Crippen LogP contribution in [0, 0.1) is 0 Å². The van der Waals surface area contributed by atoms with E-state index in [1.54, 1.807) is 0 Å². The van der Waals surface area contributed by atoms with Crippen molar-refractivity contribution in [2.24, 2.45) is 0 Å². The lowest BCUT2D eigenvalue weighted by atomic mass is 26.1. The predicted octanol–water partition coefficient (Wildman–Crippen LogP) is -2.67. The molecular weight excluding hydrogens is 197 g/mol. The van der Waals surface area contributed by atoms with Gasteiger partial charge in [0.2, 0.25) is 0 Å². The maximum absolute atomic E-state index is 3.71. The SMILES string of the molecule is [Si][Si]1=[Si]([Si])[Si]1([Si])[Si]. The van der Waals surface area contributed by atoms with Crippen LogP contribution in [0.1, 0.15) is 0 Å². The second kappa shape index (κ2) is 1.75. The molecule has 0 unspecified atom stereocenters. The molecule has 1 aliphatic heterocycles. The Morgan fingerprint density at radius 1 is 1.00 bits per heavy atom. The van der Waals surface area contributed by atoms with Gasteiger partial charge in [0.1, 0.15) is 0 Å². The Morgan fingerprint density at radius 2 is 1.14 bits per heavy atom. The quantitative estimate of drug-likeness (QED) is 0.371. The molecule has 0 saturated heterocycles. The van der Waals surface area contributed by atoms with Crippen LogP contribution in [-0.4, -0.2) is 59.0 Å². The summed E-state index contributed by atoms with van der Waals surface area (Å²) in [5.74, 6) is 0. The van der Waals surface area contributed by atoms with Gasteiger partial charge in [-0.1, -0.05) is 0 Å². The van der Waals surface area contributed by atoms with Gasteiger partial charge in [-0.25, -0.2) is 0 Å². The van der Waals surface area contributed by atoms with E-state index < -0.39 is 6.14 Å². The lowest BCUT2D eigenvalue weighted by molar-refractivity contribution is 3.80. The van der Waals surface area contributed by atoms with Gasteiger partial charge in [0, 0.05) is 45.2 Å². The van der Waals surface area contributed by atoms with Crippen molar-refractivity contribution in [3.8, 4) is 0 Å². The fraction of sp³-hybridized carbons (Fsp3) is 0. The molecule has 1 rings (SSSR count). The van der Waals surface area contributed by atoms with Gasteiger partial charge in [-0.2, -0.15) is 0 Å². The minimum Gasteiger partial charge on any atom is -0.0492 e. The van der Waals surface area contributed by atoms with Gasteiger partial charge in [-0.15, -0.1) is 0 Å². The molecule has 0 bridgehead atoms. The van der Waals surface area contributed by atoms with Gasteiger partial charge in [0.15, 0.2) is 0 Å². The van der Waals surface area contributed by atoms with Gasteiger partial charge < -0.3 is 0 Å². The topological polar surface area (TPSA) is 0 Å². The molecule has 0 aromatic heterocycles. The van der Waals surface area contributed by atoms with Crippen LogP contribution in [-0.2, 0) is 0 Å². The zero-order chi connectivity index (χ0) is 5.65. The molecule has 0 spiro atoms. The smallest absolute Gasteiger partial charge is 0.0304 e. The second-order valence-corrected chi connectivity index (χ2v) is 40.5. The maximum Gasteiger partial charge on any atom is 0.0304 e. The van der Waals surface area contributed by atoms with Gasteiger partial charge in [0.05, 0.1) is 0 Å². The Labute approximate surface area is 59.1 Å². The summed E-state index contributed by atoms with van der Waals surface area (Å²) in [7, 11) is 14.8. The van der Waals surface area contributed by atoms with Crippen LogP contribution < -0.4 is 0 Å². The van der Waals surface area contributed by atoms with Crippen molar-refractivity contribution < 1.29 is 0 Å². The van der Waals surface area contributed by atoms with Crippen molar-refractivity contribution in [1.29, 1.82) is 0 Å². The molecule has 0 aliphatic carbocycles. The number of hydrogen-bond donors (Lipinski definition) is 0. The first-order valence-electron chi connectivity index (χ1n) is 1.75. The van der Waals surface area contributed by atoms with Crippen molar-refractivity contribution in [1.82, 2.24) is 0 Å². The summed E-state index contributed by atoms with van der Waals surface area (Å²) >= 11 is 0. The molecule has 0 aromatic carbocycles. The minimum absolute atomic E-state index is 0.0965. The summed E-state index contributed by atoms with van der Waals surface area (Å²) in [4.78, 5) is 0. The second-order valence-electron chi connectivity index (χ2n) is 1.50. The molecule has 0 amide bonds. The number of rotatable bonds is 0. The fourth-order valence-corrected chi connectivity index (χ4v) is 68.3. The molecule has 1 aliphatic rings. The standard InChI is InChI=1S/Si7/c1-5-6(2)7(5,3)4. The molecule has 12 radical (unpaired) electrons. The molecule has 0 atom stereocenters. The maximum atomic E-state index is 3.71. The largest absolute Gasteiger partial charge is 0.0492 e. The fourth-order valence-electron chi connectivity index (χ4n) is 0.281. The van der Waals surface area contributed by atoms with E-state index >= 15 is 0 Å². The number of hydrogen-bond acceptors (Lipinski definition) is 0. The molecule has 0 N–H and O–H groups in total. The molecule has 0 nitrogen and oxygen atoms in total. The Morgan fingerprint density at radius 3 is 1.14 bits per heavy atom. The minimum atomic E-state index is -0.926. The average Bonchev–Trinajstić information content (AvgIpc) is 1.91. The van der Waals surface area contributed by atoms with Crippen molar-refractivity contribution in [2.45, 2.75) is 0 Å². The highest BCUT2D eigenvalue weighted by Crippen LogP contribution is 2.02. The Hall–Kier alpha value is 1.52. The van der Waals surface area contributed by atoms with E-state index in [1.165, 1.54) is 0 Å². The lowest BCUT2D eigenvalue weighted by Gasteiger charge is -1.95. The lowest BCUT2D eigenvalue weighted by Crippen LogP contribution is -2.33. The molecule has 1 heterocycles. The molecule has 7 heavy (non-hydrogen) atoms. The van der Waals surface area contributed by atoms with E-state index in [2.05, 4.69) is 39.0 Å². The highest BCUT2D eigenvalue weighted by molar-refractivity contribution is 8.16. The Bertz CT molecular complexity index is 113. The molecule has 7 heteroatoms. The van der Waals surface area contributed by atoms with Crippen LogP contribution in [0.3, 0.4) is 0 Å². The van der Waals surface area contributed by atoms with Crippen molar-refractivity contribution >= 4 is 59.0 Å². The molecule has 0 saturated carbocycles. The monoisotopic (exact) mass is 196 g/mol. The summed E-state index contributed by atoms with van der Waals surface area (Å²) in [6.07, 6.45) is -0.926. The van der Waals surface area contributed by atoms with E-state index in [9.17, 15) is 0 Å². The van der Waals surface area contributed by atoms with Crippen molar-refractivity contribution in [2.75, 3.05) is 0 Å². The van der Waals surface area contributed by atoms with E-state index in [0.717, 1.165) is 0 Å². The summed E-state index contributed by atoms with van der Waals surface area (Å²) in [5, 5.41) is 0. The first kappa shape index (κ1) is 6.64. The van der Waals surface area contributed by atoms with E-state index in [4.69, 9.17) is 0 Å². The summed E-state index contributed by atoms with van der Waals surface area (Å²) in [5.41, 5.74) is 0. The van der Waals surface area contributed by atoms with Crippen LogP contribution in [0.2, 0.25) is 0 Å². The first-order valence-corrected chi connectivity index (χ1v) is 15.8. The average molecular weight is 197 g/mol. The first-order chi connectivity index (χ1) is 3.07. The predicted molar refractivity (Wildman–Crippen MR) is 40.3 cm³/mol. The van der Waals surface area contributed by atoms with Crippen LogP contribution in [0.4, 0.5) is 0 Å². The van der Waals surface area contributed by atoms with E-state index in [-0.39, 0.29) is 13.9 Å². The summed E-state index contributed by atoms with van der Waals surface area (Å²) in [6.45, 7) is -0.193. The third kappa shape index (κ3) is 0.951. The van der Waals surface area contributed by atoms with Crippen LogP contribution in [0.15, 0.2) is 0 Å². The zero-order valence-corrected chi connectivity index (χ0v) is 10.5. The Balaban J connectivity index is 2.69. The third-order valence-electron chi connectivity index (χ3n) is 0.938. The van der Waals surface area contributed by atoms with Crippen LogP contribution in [0.5, 0.6) is 0 Å². The highest BCUT2D eigenvalue weighted by atomic mass is 30.5. The van der Waals surface area contributed by atoms with Crippen LogP contribution in [0.25, 0.3) is 0 Å². The Kier molecular flexibility index (Phi) is 1.66. The van der Waals surface area contributed by atoms with Crippen molar-refractivity contribution in [3.05, 3.63) is 0 Å². The van der Waals surface area contributed by atoms with Gasteiger partial charge in [-0.3, -0.25) is 0 Å².